The molecule has 18 heavy (non-hydrogen) atoms. The first-order valence-corrected chi connectivity index (χ1v) is 6.97. The van der Waals surface area contributed by atoms with E-state index in [4.69, 9.17) is 5.73 Å². The average molecular weight is 252 g/mol. The molecule has 2 N–H and O–H groups in total. The Balaban J connectivity index is 2.91. The molecule has 0 saturated carbocycles. The number of nitrogens with zero attached hydrogens (tertiary/aromatic N) is 3. The Morgan fingerprint density at radius 3 is 2.56 bits per heavy atom. The molecule has 4 nitrogen and oxygen atoms in total. The SMILES string of the molecule is CCCC(C)N(C)C(c1cnn(C)c1)C(N)CC. The van der Waals surface area contributed by atoms with Gasteiger partial charge in [0.2, 0.25) is 0 Å². The Bertz CT molecular complexity index is 347. The van der Waals surface area contributed by atoms with E-state index in [1.165, 1.54) is 18.4 Å². The zero-order valence-electron chi connectivity index (χ0n) is 12.4. The van der Waals surface area contributed by atoms with Gasteiger partial charge in [0.1, 0.15) is 0 Å². The van der Waals surface area contributed by atoms with E-state index in [1.807, 2.05) is 17.9 Å². The van der Waals surface area contributed by atoms with Crippen LogP contribution >= 0.6 is 0 Å². The van der Waals surface area contributed by atoms with Crippen molar-refractivity contribution >= 4 is 0 Å². The molecule has 0 spiro atoms. The van der Waals surface area contributed by atoms with E-state index in [0.29, 0.717) is 6.04 Å². The average Bonchev–Trinajstić information content (AvgIpc) is 2.75. The van der Waals surface area contributed by atoms with Gasteiger partial charge in [0.25, 0.3) is 0 Å². The van der Waals surface area contributed by atoms with E-state index in [1.54, 1.807) is 0 Å². The van der Waals surface area contributed by atoms with Gasteiger partial charge in [-0.1, -0.05) is 20.3 Å². The predicted octanol–water partition coefficient (Wildman–Crippen LogP) is 2.32. The summed E-state index contributed by atoms with van der Waals surface area (Å²) in [5, 5.41) is 4.28. The number of aromatic nitrogens is 2. The van der Waals surface area contributed by atoms with Gasteiger partial charge in [-0.25, -0.2) is 0 Å². The van der Waals surface area contributed by atoms with Gasteiger partial charge in [0.05, 0.1) is 12.2 Å². The highest BCUT2D eigenvalue weighted by molar-refractivity contribution is 5.13. The first-order chi connectivity index (χ1) is 8.51. The van der Waals surface area contributed by atoms with Crippen molar-refractivity contribution < 1.29 is 0 Å². The van der Waals surface area contributed by atoms with E-state index >= 15 is 0 Å². The lowest BCUT2D eigenvalue weighted by molar-refractivity contribution is 0.151. The van der Waals surface area contributed by atoms with Crippen molar-refractivity contribution in [1.82, 2.24) is 14.7 Å². The summed E-state index contributed by atoms with van der Waals surface area (Å²) in [6.45, 7) is 6.64. The smallest absolute Gasteiger partial charge is 0.0538 e. The summed E-state index contributed by atoms with van der Waals surface area (Å²) in [5.41, 5.74) is 7.53. The summed E-state index contributed by atoms with van der Waals surface area (Å²) >= 11 is 0. The molecule has 104 valence electrons. The van der Waals surface area contributed by atoms with Crippen LogP contribution < -0.4 is 5.73 Å². The Labute approximate surface area is 111 Å². The van der Waals surface area contributed by atoms with Gasteiger partial charge in [-0.3, -0.25) is 9.58 Å². The van der Waals surface area contributed by atoms with Crippen molar-refractivity contribution in [1.29, 1.82) is 0 Å². The second kappa shape index (κ2) is 6.90. The minimum atomic E-state index is 0.151. The molecule has 0 aliphatic heterocycles. The molecule has 3 atom stereocenters. The molecule has 0 amide bonds. The van der Waals surface area contributed by atoms with Gasteiger partial charge in [0.15, 0.2) is 0 Å². The van der Waals surface area contributed by atoms with E-state index in [0.717, 1.165) is 6.42 Å². The Morgan fingerprint density at radius 2 is 2.11 bits per heavy atom. The molecule has 1 rings (SSSR count). The molecular weight excluding hydrogens is 224 g/mol. The second-order valence-corrected chi connectivity index (χ2v) is 5.27. The van der Waals surface area contributed by atoms with Gasteiger partial charge in [0, 0.05) is 30.9 Å². The fourth-order valence-electron chi connectivity index (χ4n) is 2.50. The summed E-state index contributed by atoms with van der Waals surface area (Å²) in [5.74, 6) is 0. The highest BCUT2D eigenvalue weighted by atomic mass is 15.3. The van der Waals surface area contributed by atoms with Crippen LogP contribution in [0.4, 0.5) is 0 Å². The van der Waals surface area contributed by atoms with Crippen molar-refractivity contribution in [2.24, 2.45) is 12.8 Å². The van der Waals surface area contributed by atoms with Crippen molar-refractivity contribution in [3.8, 4) is 0 Å². The zero-order chi connectivity index (χ0) is 13.7. The molecule has 0 aliphatic rings. The lowest BCUT2D eigenvalue weighted by Crippen LogP contribution is -2.42. The second-order valence-electron chi connectivity index (χ2n) is 5.27. The number of nitrogens with two attached hydrogens (primary N) is 1. The highest BCUT2D eigenvalue weighted by Gasteiger charge is 2.26. The molecule has 1 aromatic rings. The summed E-state index contributed by atoms with van der Waals surface area (Å²) in [6, 6.07) is 0.946. The zero-order valence-corrected chi connectivity index (χ0v) is 12.4. The van der Waals surface area contributed by atoms with Crippen LogP contribution in [0.2, 0.25) is 0 Å². The van der Waals surface area contributed by atoms with Crippen LogP contribution in [0.5, 0.6) is 0 Å². The number of hydrogen-bond acceptors (Lipinski definition) is 3. The summed E-state index contributed by atoms with van der Waals surface area (Å²) < 4.78 is 1.85. The summed E-state index contributed by atoms with van der Waals surface area (Å²) in [4.78, 5) is 2.40. The molecular formula is C14H28N4. The Hall–Kier alpha value is -0.870. The molecule has 0 aliphatic carbocycles. The minimum Gasteiger partial charge on any atom is -0.326 e. The number of rotatable bonds is 7. The molecule has 0 fully saturated rings. The first-order valence-electron chi connectivity index (χ1n) is 6.97. The molecule has 0 aromatic carbocycles. The van der Waals surface area contributed by atoms with Crippen LogP contribution in [0.15, 0.2) is 12.4 Å². The first kappa shape index (κ1) is 15.2. The predicted molar refractivity (Wildman–Crippen MR) is 76.3 cm³/mol. The monoisotopic (exact) mass is 252 g/mol. The third kappa shape index (κ3) is 3.56. The number of hydrogen-bond donors (Lipinski definition) is 1. The lowest BCUT2D eigenvalue weighted by Gasteiger charge is -2.36. The maximum absolute atomic E-state index is 6.31. The molecule has 1 heterocycles. The van der Waals surface area contributed by atoms with Gasteiger partial charge in [-0.05, 0) is 26.8 Å². The van der Waals surface area contributed by atoms with Crippen LogP contribution in [0.25, 0.3) is 0 Å². The molecule has 0 bridgehead atoms. The van der Waals surface area contributed by atoms with Gasteiger partial charge in [-0.2, -0.15) is 5.10 Å². The summed E-state index contributed by atoms with van der Waals surface area (Å²) in [6.07, 6.45) is 7.39. The highest BCUT2D eigenvalue weighted by Crippen LogP contribution is 2.26. The van der Waals surface area contributed by atoms with E-state index < -0.39 is 0 Å². The normalized spacial score (nSPS) is 16.8. The quantitative estimate of drug-likeness (QED) is 0.810. The van der Waals surface area contributed by atoms with Crippen molar-refractivity contribution in [3.63, 3.8) is 0 Å². The van der Waals surface area contributed by atoms with Crippen molar-refractivity contribution in [2.75, 3.05) is 7.05 Å². The number of likely N-dealkylation sites (N-methyl/N-ethyl adjacent to an activating group) is 1. The topological polar surface area (TPSA) is 47.1 Å². The van der Waals surface area contributed by atoms with E-state index in [-0.39, 0.29) is 12.1 Å². The third-order valence-corrected chi connectivity index (χ3v) is 3.78. The maximum atomic E-state index is 6.31. The largest absolute Gasteiger partial charge is 0.326 e. The fourth-order valence-corrected chi connectivity index (χ4v) is 2.50. The maximum Gasteiger partial charge on any atom is 0.0538 e. The van der Waals surface area contributed by atoms with Crippen LogP contribution in [0, 0.1) is 0 Å². The fraction of sp³-hybridized carbons (Fsp3) is 0.786. The lowest BCUT2D eigenvalue weighted by atomic mass is 9.97. The molecule has 4 heteroatoms. The van der Waals surface area contributed by atoms with Gasteiger partial charge >= 0.3 is 0 Å². The molecule has 0 radical (unpaired) electrons. The standard InChI is InChI=1S/C14H28N4/c1-6-8-11(3)18(5)14(13(15)7-2)12-9-16-17(4)10-12/h9-11,13-14H,6-8,15H2,1-5H3. The van der Waals surface area contributed by atoms with Crippen LogP contribution in [0.3, 0.4) is 0 Å². The molecule has 3 unspecified atom stereocenters. The van der Waals surface area contributed by atoms with Crippen LogP contribution in [-0.2, 0) is 7.05 Å². The number of aryl methyl sites for hydroxylation is 1. The van der Waals surface area contributed by atoms with Crippen molar-refractivity contribution in [3.05, 3.63) is 18.0 Å². The minimum absolute atomic E-state index is 0.151. The summed E-state index contributed by atoms with van der Waals surface area (Å²) in [7, 11) is 4.13. The molecule has 0 saturated heterocycles. The van der Waals surface area contributed by atoms with E-state index in [2.05, 4.69) is 44.0 Å². The Kier molecular flexibility index (Phi) is 5.82. The molecule has 1 aromatic heterocycles. The third-order valence-electron chi connectivity index (χ3n) is 3.78. The van der Waals surface area contributed by atoms with Crippen LogP contribution in [0.1, 0.15) is 51.6 Å². The van der Waals surface area contributed by atoms with Crippen molar-refractivity contribution in [2.45, 2.75) is 58.2 Å². The van der Waals surface area contributed by atoms with Gasteiger partial charge < -0.3 is 5.73 Å². The van der Waals surface area contributed by atoms with Gasteiger partial charge in [-0.15, -0.1) is 0 Å². The Morgan fingerprint density at radius 1 is 1.44 bits per heavy atom. The van der Waals surface area contributed by atoms with E-state index in [9.17, 15) is 0 Å². The van der Waals surface area contributed by atoms with Crippen LogP contribution in [-0.4, -0.2) is 33.8 Å².